The van der Waals surface area contributed by atoms with E-state index in [2.05, 4.69) is 11.4 Å². The molecule has 0 fully saturated rings. The number of aliphatic carboxylic acids is 1. The van der Waals surface area contributed by atoms with Gasteiger partial charge in [-0.2, -0.15) is 5.26 Å². The topological polar surface area (TPSA) is 95.1 Å². The normalized spacial score (nSPS) is 12.0. The maximum Gasteiger partial charge on any atom is 0.323 e. The predicted molar refractivity (Wildman–Crippen MR) is 106 cm³/mol. The Morgan fingerprint density at radius 1 is 1.14 bits per heavy atom. The molecule has 6 heteroatoms. The molecule has 0 bridgehead atoms. The van der Waals surface area contributed by atoms with Gasteiger partial charge in [-0.15, -0.1) is 0 Å². The Kier molecular flexibility index (Phi) is 5.87. The van der Waals surface area contributed by atoms with Crippen molar-refractivity contribution in [2.75, 3.05) is 6.54 Å². The number of aromatic nitrogens is 1. The fourth-order valence-electron chi connectivity index (χ4n) is 3.03. The minimum Gasteiger partial charge on any atom is -0.480 e. The Bertz CT molecular complexity index is 1060. The van der Waals surface area contributed by atoms with E-state index in [1.165, 1.54) is 6.08 Å². The molecule has 0 spiro atoms. The molecule has 2 N–H and O–H groups in total. The number of para-hydroxylation sites is 1. The van der Waals surface area contributed by atoms with Crippen molar-refractivity contribution >= 4 is 28.9 Å². The molecule has 0 aliphatic heterocycles. The zero-order valence-corrected chi connectivity index (χ0v) is 15.1. The van der Waals surface area contributed by atoms with Crippen molar-refractivity contribution in [1.29, 1.82) is 5.26 Å². The third kappa shape index (κ3) is 4.46. The number of carboxylic acid groups (broad SMARTS) is 1. The lowest BCUT2D eigenvalue weighted by molar-refractivity contribution is -0.137. The minimum atomic E-state index is -0.933. The van der Waals surface area contributed by atoms with Crippen LogP contribution in [0.3, 0.4) is 0 Å². The number of nitriles is 1. The minimum absolute atomic E-state index is 0.151. The molecule has 2 aromatic carbocycles. The van der Waals surface area contributed by atoms with Gasteiger partial charge in [0, 0.05) is 35.3 Å². The van der Waals surface area contributed by atoms with Gasteiger partial charge in [0.15, 0.2) is 0 Å². The second-order valence-electron chi connectivity index (χ2n) is 6.29. The van der Waals surface area contributed by atoms with E-state index < -0.39 is 11.9 Å². The Labute approximate surface area is 162 Å². The van der Waals surface area contributed by atoms with E-state index in [1.807, 2.05) is 54.6 Å². The quantitative estimate of drug-likeness (QED) is 0.622. The number of carbonyl (C=O) groups is 2. The monoisotopic (exact) mass is 373 g/mol. The molecule has 0 saturated carbocycles. The fraction of sp³-hybridized carbons (Fsp3) is 0.136. The van der Waals surface area contributed by atoms with Crippen molar-refractivity contribution in [2.45, 2.75) is 12.5 Å². The summed E-state index contributed by atoms with van der Waals surface area (Å²) in [6, 6.07) is 18.9. The van der Waals surface area contributed by atoms with E-state index in [1.54, 1.807) is 16.8 Å². The van der Waals surface area contributed by atoms with Crippen molar-refractivity contribution in [1.82, 2.24) is 9.88 Å². The number of benzene rings is 2. The highest BCUT2D eigenvalue weighted by molar-refractivity contribution is 5.96. The molecule has 6 nitrogen and oxygen atoms in total. The molecule has 3 aromatic rings. The van der Waals surface area contributed by atoms with Crippen molar-refractivity contribution in [3.63, 3.8) is 0 Å². The molecule has 0 aliphatic rings. The van der Waals surface area contributed by atoms with Crippen molar-refractivity contribution < 1.29 is 14.7 Å². The zero-order chi connectivity index (χ0) is 19.9. The number of hydrogen-bond donors (Lipinski definition) is 2. The van der Waals surface area contributed by atoms with Gasteiger partial charge >= 0.3 is 5.97 Å². The molecule has 1 aromatic heterocycles. The molecule has 28 heavy (non-hydrogen) atoms. The maximum absolute atomic E-state index is 12.2. The van der Waals surface area contributed by atoms with E-state index in [4.69, 9.17) is 5.11 Å². The van der Waals surface area contributed by atoms with Crippen LogP contribution in [0.1, 0.15) is 17.0 Å². The molecule has 0 saturated heterocycles. The largest absolute Gasteiger partial charge is 0.480 e. The highest BCUT2D eigenvalue weighted by Crippen LogP contribution is 2.22. The number of fused-ring (bicyclic) bond motifs is 1. The lowest BCUT2D eigenvalue weighted by atomic mass is 10.0. The third-order valence-corrected chi connectivity index (χ3v) is 4.38. The van der Waals surface area contributed by atoms with Gasteiger partial charge in [-0.1, -0.05) is 48.5 Å². The van der Waals surface area contributed by atoms with Gasteiger partial charge in [-0.25, -0.2) is 0 Å². The molecule has 1 unspecified atom stereocenters. The van der Waals surface area contributed by atoms with Gasteiger partial charge in [0.1, 0.15) is 6.54 Å². The number of nitrogens with zero attached hydrogens (tertiary/aromatic N) is 2. The van der Waals surface area contributed by atoms with Crippen LogP contribution in [0.4, 0.5) is 0 Å². The number of nitrogens with one attached hydrogen (secondary N) is 1. The summed E-state index contributed by atoms with van der Waals surface area (Å²) in [5.41, 5.74) is 2.40. The number of carboxylic acids is 1. The Morgan fingerprint density at radius 2 is 1.86 bits per heavy atom. The highest BCUT2D eigenvalue weighted by Gasteiger charge is 2.11. The van der Waals surface area contributed by atoms with Gasteiger partial charge in [0.05, 0.1) is 12.0 Å². The van der Waals surface area contributed by atoms with Crippen LogP contribution >= 0.6 is 0 Å². The predicted octanol–water partition coefficient (Wildman–Crippen LogP) is 3.16. The molecule has 1 amide bonds. The summed E-state index contributed by atoms with van der Waals surface area (Å²) in [5.74, 6) is -1.67. The van der Waals surface area contributed by atoms with E-state index in [9.17, 15) is 14.9 Å². The van der Waals surface area contributed by atoms with Crippen molar-refractivity contribution in [3.8, 4) is 6.07 Å². The van der Waals surface area contributed by atoms with Crippen molar-refractivity contribution in [2.24, 2.45) is 0 Å². The van der Waals surface area contributed by atoms with Crippen LogP contribution in [0.15, 0.2) is 66.9 Å². The van der Waals surface area contributed by atoms with Crippen LogP contribution in [-0.4, -0.2) is 28.1 Å². The SMILES string of the molecule is N#CC(CNC(=O)/C=C/c1cn(CC(=O)O)c2ccccc12)c1ccccc1. The van der Waals surface area contributed by atoms with E-state index >= 15 is 0 Å². The molecule has 1 heterocycles. The molecule has 1 atom stereocenters. The molecular weight excluding hydrogens is 354 g/mol. The Balaban J connectivity index is 1.71. The summed E-state index contributed by atoms with van der Waals surface area (Å²) in [6.45, 7) is 0.0614. The first-order valence-corrected chi connectivity index (χ1v) is 8.78. The summed E-state index contributed by atoms with van der Waals surface area (Å²) in [4.78, 5) is 23.2. The summed E-state index contributed by atoms with van der Waals surface area (Å²) >= 11 is 0. The Hall–Kier alpha value is -3.85. The maximum atomic E-state index is 12.2. The Morgan fingerprint density at radius 3 is 2.57 bits per heavy atom. The van der Waals surface area contributed by atoms with E-state index in [-0.39, 0.29) is 19.0 Å². The number of rotatable bonds is 7. The summed E-state index contributed by atoms with van der Waals surface area (Å²) < 4.78 is 1.64. The van der Waals surface area contributed by atoms with Crippen LogP contribution in [0, 0.1) is 11.3 Å². The smallest absolute Gasteiger partial charge is 0.323 e. The standard InChI is InChI=1S/C22H19N3O3/c23-12-18(16-6-2-1-3-7-16)13-24-21(26)11-10-17-14-25(15-22(27)28)20-9-5-4-8-19(17)20/h1-11,14,18H,13,15H2,(H,24,26)(H,27,28)/b11-10+. The molecule has 0 aliphatic carbocycles. The van der Waals surface area contributed by atoms with Gasteiger partial charge in [-0.3, -0.25) is 9.59 Å². The third-order valence-electron chi connectivity index (χ3n) is 4.38. The molecule has 0 radical (unpaired) electrons. The van der Waals surface area contributed by atoms with Crippen LogP contribution < -0.4 is 5.32 Å². The summed E-state index contributed by atoms with van der Waals surface area (Å²) in [5, 5.41) is 22.0. The second kappa shape index (κ2) is 8.69. The van der Waals surface area contributed by atoms with Gasteiger partial charge < -0.3 is 15.0 Å². The second-order valence-corrected chi connectivity index (χ2v) is 6.29. The average molecular weight is 373 g/mol. The van der Waals surface area contributed by atoms with Crippen LogP contribution in [0.5, 0.6) is 0 Å². The van der Waals surface area contributed by atoms with Gasteiger partial charge in [-0.05, 0) is 17.7 Å². The fourth-order valence-corrected chi connectivity index (χ4v) is 3.03. The molecule has 3 rings (SSSR count). The van der Waals surface area contributed by atoms with Crippen LogP contribution in [-0.2, 0) is 16.1 Å². The van der Waals surface area contributed by atoms with Crippen molar-refractivity contribution in [3.05, 3.63) is 78.0 Å². The van der Waals surface area contributed by atoms with Crippen LogP contribution in [0.25, 0.3) is 17.0 Å². The zero-order valence-electron chi connectivity index (χ0n) is 15.1. The van der Waals surface area contributed by atoms with E-state index in [0.717, 1.165) is 22.0 Å². The number of carbonyl (C=O) groups excluding carboxylic acids is 1. The highest BCUT2D eigenvalue weighted by atomic mass is 16.4. The lowest BCUT2D eigenvalue weighted by Crippen LogP contribution is -2.26. The molecule has 140 valence electrons. The van der Waals surface area contributed by atoms with Crippen LogP contribution in [0.2, 0.25) is 0 Å². The lowest BCUT2D eigenvalue weighted by Gasteiger charge is -2.09. The van der Waals surface area contributed by atoms with Gasteiger partial charge in [0.25, 0.3) is 0 Å². The first-order chi connectivity index (χ1) is 13.6. The number of amides is 1. The van der Waals surface area contributed by atoms with Gasteiger partial charge in [0.2, 0.25) is 5.91 Å². The molecular formula is C22H19N3O3. The first kappa shape index (κ1) is 18.9. The average Bonchev–Trinajstić information content (AvgIpc) is 3.05. The summed E-state index contributed by atoms with van der Waals surface area (Å²) in [6.07, 6.45) is 4.76. The first-order valence-electron chi connectivity index (χ1n) is 8.78. The number of hydrogen-bond acceptors (Lipinski definition) is 3. The van der Waals surface area contributed by atoms with E-state index in [0.29, 0.717) is 0 Å². The summed E-state index contributed by atoms with van der Waals surface area (Å²) in [7, 11) is 0.